The first kappa shape index (κ1) is 21.3. The van der Waals surface area contributed by atoms with Gasteiger partial charge in [0.25, 0.3) is 5.91 Å². The minimum atomic E-state index is -0.388. The fourth-order valence-electron chi connectivity index (χ4n) is 3.88. The van der Waals surface area contributed by atoms with Crippen LogP contribution in [0.5, 0.6) is 11.5 Å². The molecule has 0 aliphatic carbocycles. The fourth-order valence-corrected chi connectivity index (χ4v) is 4.05. The van der Waals surface area contributed by atoms with Crippen LogP contribution in [0.1, 0.15) is 53.4 Å². The Balaban J connectivity index is 1.59. The third-order valence-electron chi connectivity index (χ3n) is 5.35. The molecule has 0 radical (unpaired) electrons. The van der Waals surface area contributed by atoms with E-state index in [2.05, 4.69) is 11.4 Å². The number of hydrogen-bond acceptors (Lipinski definition) is 3. The normalized spacial score (nSPS) is 16.7. The molecule has 5 heteroatoms. The van der Waals surface area contributed by atoms with E-state index in [1.54, 1.807) is 18.2 Å². The van der Waals surface area contributed by atoms with Gasteiger partial charge in [-0.1, -0.05) is 59.6 Å². The maximum Gasteiger partial charge on any atom is 0.255 e. The molecule has 0 aromatic heterocycles. The Morgan fingerprint density at radius 2 is 1.90 bits per heavy atom. The number of carbonyl (C=O) groups is 1. The summed E-state index contributed by atoms with van der Waals surface area (Å²) in [5, 5.41) is 3.67. The maximum atomic E-state index is 13.3. The highest BCUT2D eigenvalue weighted by atomic mass is 35.5. The van der Waals surface area contributed by atoms with Gasteiger partial charge in [0.1, 0.15) is 23.7 Å². The summed E-state index contributed by atoms with van der Waals surface area (Å²) < 4.78 is 12.1. The lowest BCUT2D eigenvalue weighted by Crippen LogP contribution is -2.41. The Kier molecular flexibility index (Phi) is 5.92. The van der Waals surface area contributed by atoms with E-state index in [-0.39, 0.29) is 17.6 Å². The third-order valence-corrected chi connectivity index (χ3v) is 5.59. The fraction of sp³-hybridized carbons (Fsp3) is 0.269. The van der Waals surface area contributed by atoms with Gasteiger partial charge in [0.15, 0.2) is 0 Å². The second-order valence-corrected chi connectivity index (χ2v) is 8.98. The molecule has 1 aliphatic heterocycles. The molecule has 0 bridgehead atoms. The van der Waals surface area contributed by atoms with Crippen LogP contribution in [0.4, 0.5) is 0 Å². The van der Waals surface area contributed by atoms with Crippen molar-refractivity contribution >= 4 is 17.5 Å². The predicted molar refractivity (Wildman–Crippen MR) is 123 cm³/mol. The molecule has 31 heavy (non-hydrogen) atoms. The van der Waals surface area contributed by atoms with E-state index in [9.17, 15) is 4.79 Å². The number of ether oxygens (including phenoxy) is 2. The van der Waals surface area contributed by atoms with Crippen molar-refractivity contribution in [1.82, 2.24) is 5.32 Å². The van der Waals surface area contributed by atoms with E-state index in [0.29, 0.717) is 29.4 Å². The summed E-state index contributed by atoms with van der Waals surface area (Å²) in [6.45, 7) is 6.46. The van der Waals surface area contributed by atoms with Crippen molar-refractivity contribution in [2.24, 2.45) is 0 Å². The Hall–Kier alpha value is -2.98. The molecule has 3 aromatic carbocycles. The van der Waals surface area contributed by atoms with Crippen molar-refractivity contribution in [3.8, 4) is 11.5 Å². The van der Waals surface area contributed by atoms with Gasteiger partial charge >= 0.3 is 0 Å². The predicted octanol–water partition coefficient (Wildman–Crippen LogP) is 6.26. The first-order valence-electron chi connectivity index (χ1n) is 10.4. The van der Waals surface area contributed by atoms with Gasteiger partial charge in [0.05, 0.1) is 11.6 Å². The van der Waals surface area contributed by atoms with Crippen molar-refractivity contribution in [3.05, 3.63) is 94.0 Å². The van der Waals surface area contributed by atoms with Crippen LogP contribution in [-0.2, 0) is 6.61 Å². The summed E-state index contributed by atoms with van der Waals surface area (Å²) in [6, 6.07) is 20.9. The smallest absolute Gasteiger partial charge is 0.255 e. The second kappa shape index (κ2) is 8.64. The summed E-state index contributed by atoms with van der Waals surface area (Å²) in [6.07, 6.45) is 0.663. The average molecular weight is 436 g/mol. The van der Waals surface area contributed by atoms with Crippen LogP contribution in [0.15, 0.2) is 66.7 Å². The van der Waals surface area contributed by atoms with E-state index < -0.39 is 0 Å². The average Bonchev–Trinajstić information content (AvgIpc) is 2.73. The molecule has 4 rings (SSSR count). The van der Waals surface area contributed by atoms with Crippen LogP contribution in [0, 0.1) is 6.92 Å². The zero-order valence-electron chi connectivity index (χ0n) is 17.9. The molecule has 1 amide bonds. The van der Waals surface area contributed by atoms with Gasteiger partial charge < -0.3 is 14.8 Å². The monoisotopic (exact) mass is 435 g/mol. The quantitative estimate of drug-likeness (QED) is 0.514. The van der Waals surface area contributed by atoms with E-state index in [1.165, 1.54) is 0 Å². The first-order valence-corrected chi connectivity index (χ1v) is 10.8. The molecule has 1 heterocycles. The minimum Gasteiger partial charge on any atom is -0.488 e. The van der Waals surface area contributed by atoms with Crippen molar-refractivity contribution in [2.45, 2.75) is 45.4 Å². The molecule has 0 saturated heterocycles. The largest absolute Gasteiger partial charge is 0.488 e. The van der Waals surface area contributed by atoms with Gasteiger partial charge in [-0.05, 0) is 50.6 Å². The van der Waals surface area contributed by atoms with Crippen LogP contribution in [0.3, 0.4) is 0 Å². The number of amides is 1. The highest BCUT2D eigenvalue weighted by Gasteiger charge is 2.35. The number of fused-ring (bicyclic) bond motifs is 1. The molecule has 1 N–H and O–H groups in total. The number of hydrogen-bond donors (Lipinski definition) is 1. The number of carbonyl (C=O) groups excluding carboxylic acids is 1. The lowest BCUT2D eigenvalue weighted by atomic mass is 9.88. The third kappa shape index (κ3) is 5.02. The van der Waals surface area contributed by atoms with Crippen molar-refractivity contribution in [2.75, 3.05) is 0 Å². The summed E-state index contributed by atoms with van der Waals surface area (Å²) >= 11 is 6.21. The number of aryl methyl sites for hydroxylation is 1. The van der Waals surface area contributed by atoms with Gasteiger partial charge in [-0.3, -0.25) is 4.79 Å². The van der Waals surface area contributed by atoms with Crippen molar-refractivity contribution < 1.29 is 14.3 Å². The van der Waals surface area contributed by atoms with Gasteiger partial charge in [-0.25, -0.2) is 0 Å². The van der Waals surface area contributed by atoms with E-state index in [1.807, 2.05) is 63.2 Å². The Labute approximate surface area is 188 Å². The maximum absolute atomic E-state index is 13.3. The molecular formula is C26H26ClNO3. The molecule has 0 unspecified atom stereocenters. The number of benzene rings is 3. The summed E-state index contributed by atoms with van der Waals surface area (Å²) in [7, 11) is 0. The topological polar surface area (TPSA) is 47.6 Å². The standard InChI is InChI=1S/C26H26ClNO3/c1-17-9-11-24-20(13-17)22(15-26(2,3)31-24)28-25(29)21-14-19(27)10-12-23(21)30-16-18-7-5-4-6-8-18/h4-14,22H,15-16H2,1-3H3,(H,28,29)/t22-/m1/s1. The molecular weight excluding hydrogens is 410 g/mol. The van der Waals surface area contributed by atoms with Crippen LogP contribution in [0.2, 0.25) is 5.02 Å². The molecule has 4 nitrogen and oxygen atoms in total. The number of rotatable bonds is 5. The number of nitrogens with one attached hydrogen (secondary N) is 1. The molecule has 0 spiro atoms. The SMILES string of the molecule is Cc1ccc2c(c1)[C@H](NC(=O)c1cc(Cl)ccc1OCc1ccccc1)CC(C)(C)O2. The Morgan fingerprint density at radius 1 is 1.13 bits per heavy atom. The van der Waals surface area contributed by atoms with Crippen molar-refractivity contribution in [1.29, 1.82) is 0 Å². The second-order valence-electron chi connectivity index (χ2n) is 8.55. The Bertz CT molecular complexity index is 1100. The molecule has 160 valence electrons. The van der Waals surface area contributed by atoms with Gasteiger partial charge in [0, 0.05) is 17.0 Å². The lowest BCUT2D eigenvalue weighted by molar-refractivity contribution is 0.0618. The number of halogens is 1. The molecule has 0 saturated carbocycles. The molecule has 1 aliphatic rings. The van der Waals surface area contributed by atoms with E-state index in [4.69, 9.17) is 21.1 Å². The van der Waals surface area contributed by atoms with Gasteiger partial charge in [-0.2, -0.15) is 0 Å². The highest BCUT2D eigenvalue weighted by Crippen LogP contribution is 2.40. The first-order chi connectivity index (χ1) is 14.8. The van der Waals surface area contributed by atoms with Crippen LogP contribution < -0.4 is 14.8 Å². The Morgan fingerprint density at radius 3 is 2.68 bits per heavy atom. The zero-order chi connectivity index (χ0) is 22.0. The molecule has 0 fully saturated rings. The van der Waals surface area contributed by atoms with E-state index in [0.717, 1.165) is 22.4 Å². The van der Waals surface area contributed by atoms with Crippen LogP contribution in [-0.4, -0.2) is 11.5 Å². The molecule has 1 atom stereocenters. The van der Waals surface area contributed by atoms with Crippen LogP contribution >= 0.6 is 11.6 Å². The zero-order valence-corrected chi connectivity index (χ0v) is 18.7. The van der Waals surface area contributed by atoms with Crippen molar-refractivity contribution in [3.63, 3.8) is 0 Å². The highest BCUT2D eigenvalue weighted by molar-refractivity contribution is 6.31. The lowest BCUT2D eigenvalue weighted by Gasteiger charge is -2.38. The van der Waals surface area contributed by atoms with Gasteiger partial charge in [-0.15, -0.1) is 0 Å². The van der Waals surface area contributed by atoms with Gasteiger partial charge in [0.2, 0.25) is 0 Å². The van der Waals surface area contributed by atoms with E-state index >= 15 is 0 Å². The summed E-state index contributed by atoms with van der Waals surface area (Å²) in [4.78, 5) is 13.3. The summed E-state index contributed by atoms with van der Waals surface area (Å²) in [5.74, 6) is 1.08. The molecule has 3 aromatic rings. The van der Waals surface area contributed by atoms with Crippen LogP contribution in [0.25, 0.3) is 0 Å². The summed E-state index contributed by atoms with van der Waals surface area (Å²) in [5.41, 5.74) is 3.17. The minimum absolute atomic E-state index is 0.174.